The second-order valence-corrected chi connectivity index (χ2v) is 8.61. The number of aryl methyl sites for hydroxylation is 1. The average molecular weight is 441 g/mol. The second-order valence-electron chi connectivity index (χ2n) is 8.61. The largest absolute Gasteiger partial charge is 0.466 e. The summed E-state index contributed by atoms with van der Waals surface area (Å²) in [4.78, 5) is 46.9. The molecule has 0 aliphatic carbocycles. The van der Waals surface area contributed by atoms with Gasteiger partial charge in [0.15, 0.2) is 5.82 Å². The lowest BCUT2D eigenvalue weighted by atomic mass is 9.93. The van der Waals surface area contributed by atoms with Gasteiger partial charge in [0, 0.05) is 32.7 Å². The molecule has 0 saturated carbocycles. The van der Waals surface area contributed by atoms with Crippen LogP contribution in [0.1, 0.15) is 39.5 Å². The van der Waals surface area contributed by atoms with E-state index in [1.54, 1.807) is 4.57 Å². The number of fused-ring (bicyclic) bond motifs is 1. The number of esters is 1. The number of carbonyl (C=O) groups excluding carboxylic acids is 2. The molecule has 172 valence electrons. The molecule has 2 saturated heterocycles. The fourth-order valence-electron chi connectivity index (χ4n) is 4.92. The van der Waals surface area contributed by atoms with E-state index in [4.69, 9.17) is 4.74 Å². The lowest BCUT2D eigenvalue weighted by molar-refractivity contribution is -0.151. The van der Waals surface area contributed by atoms with Crippen molar-refractivity contribution in [3.05, 3.63) is 34.6 Å². The van der Waals surface area contributed by atoms with Gasteiger partial charge in [0.1, 0.15) is 0 Å². The Hall–Kier alpha value is -2.90. The number of carbonyl (C=O) groups is 2. The van der Waals surface area contributed by atoms with E-state index in [1.165, 1.54) is 0 Å². The molecule has 2 fully saturated rings. The number of piperidine rings is 2. The van der Waals surface area contributed by atoms with Crippen molar-refractivity contribution in [1.29, 1.82) is 0 Å². The van der Waals surface area contributed by atoms with Gasteiger partial charge >= 0.3 is 5.97 Å². The Kier molecular flexibility index (Phi) is 6.77. The molecule has 8 nitrogen and oxygen atoms in total. The van der Waals surface area contributed by atoms with Crippen LogP contribution in [0.5, 0.6) is 0 Å². The van der Waals surface area contributed by atoms with Crippen molar-refractivity contribution in [1.82, 2.24) is 14.5 Å². The van der Waals surface area contributed by atoms with Gasteiger partial charge < -0.3 is 19.1 Å². The highest BCUT2D eigenvalue weighted by molar-refractivity contribution is 5.81. The highest BCUT2D eigenvalue weighted by atomic mass is 16.5. The van der Waals surface area contributed by atoms with Crippen molar-refractivity contribution in [2.45, 2.75) is 46.1 Å². The highest BCUT2D eigenvalue weighted by Gasteiger charge is 2.34. The zero-order valence-electron chi connectivity index (χ0n) is 19.0. The summed E-state index contributed by atoms with van der Waals surface area (Å²) in [5.74, 6) is 0.123. The van der Waals surface area contributed by atoms with E-state index in [2.05, 4.69) is 4.98 Å². The summed E-state index contributed by atoms with van der Waals surface area (Å²) in [6.07, 6.45) is 2.95. The molecule has 0 unspecified atom stereocenters. The third-order valence-corrected chi connectivity index (χ3v) is 6.65. The monoisotopic (exact) mass is 440 g/mol. The first-order chi connectivity index (χ1) is 15.5. The van der Waals surface area contributed by atoms with Gasteiger partial charge in [-0.15, -0.1) is 0 Å². The predicted octanol–water partition coefficient (Wildman–Crippen LogP) is 2.43. The number of para-hydroxylation sites is 2. The Morgan fingerprint density at radius 3 is 2.53 bits per heavy atom. The summed E-state index contributed by atoms with van der Waals surface area (Å²) in [6.45, 7) is 7.11. The van der Waals surface area contributed by atoms with E-state index in [1.807, 2.05) is 47.9 Å². The van der Waals surface area contributed by atoms with Crippen LogP contribution in [-0.4, -0.2) is 59.1 Å². The number of aromatic nitrogens is 2. The predicted molar refractivity (Wildman–Crippen MR) is 123 cm³/mol. The molecule has 2 aliphatic rings. The molecule has 0 bridgehead atoms. The van der Waals surface area contributed by atoms with E-state index >= 15 is 0 Å². The van der Waals surface area contributed by atoms with Gasteiger partial charge in [-0.05, 0) is 51.7 Å². The molecule has 2 aliphatic heterocycles. The fraction of sp³-hybridized carbons (Fsp3) is 0.583. The summed E-state index contributed by atoms with van der Waals surface area (Å²) in [5.41, 5.74) is 1.52. The lowest BCUT2D eigenvalue weighted by Gasteiger charge is -2.37. The summed E-state index contributed by atoms with van der Waals surface area (Å²) in [7, 11) is 0. The number of benzene rings is 1. The summed E-state index contributed by atoms with van der Waals surface area (Å²) in [6, 6.07) is 7.67. The average Bonchev–Trinajstić information content (AvgIpc) is 2.83. The number of likely N-dealkylation sites (tertiary alicyclic amines) is 1. The fourth-order valence-corrected chi connectivity index (χ4v) is 4.92. The minimum Gasteiger partial charge on any atom is -0.466 e. The number of nitrogens with zero attached hydrogens (tertiary/aromatic N) is 4. The number of rotatable bonds is 5. The van der Waals surface area contributed by atoms with Crippen molar-refractivity contribution in [3.8, 4) is 0 Å². The molecule has 2 aromatic rings. The molecule has 8 heteroatoms. The molecule has 0 spiro atoms. The van der Waals surface area contributed by atoms with Gasteiger partial charge in [0.25, 0.3) is 5.56 Å². The first kappa shape index (κ1) is 22.3. The molecule has 32 heavy (non-hydrogen) atoms. The van der Waals surface area contributed by atoms with Crippen molar-refractivity contribution in [2.75, 3.05) is 37.7 Å². The number of anilines is 1. The van der Waals surface area contributed by atoms with E-state index in [0.29, 0.717) is 51.4 Å². The zero-order valence-corrected chi connectivity index (χ0v) is 19.0. The van der Waals surface area contributed by atoms with Crippen molar-refractivity contribution in [3.63, 3.8) is 0 Å². The van der Waals surface area contributed by atoms with Crippen LogP contribution in [0, 0.1) is 11.8 Å². The Morgan fingerprint density at radius 2 is 1.81 bits per heavy atom. The van der Waals surface area contributed by atoms with Gasteiger partial charge in [0.2, 0.25) is 5.91 Å². The minimum absolute atomic E-state index is 0.102. The molecule has 4 rings (SSSR count). The standard InChI is InChI=1S/C24H32N4O4/c1-3-28-20-10-6-5-9-19(20)25-21(23(28)30)27-13-7-8-18(16-27)22(29)26-14-11-17(12-15-26)24(31)32-4-2/h5-6,9-10,17-18H,3-4,7-8,11-16H2,1-2H3/t18-/m0/s1. The van der Waals surface area contributed by atoms with Crippen LogP contribution >= 0.6 is 0 Å². The van der Waals surface area contributed by atoms with Gasteiger partial charge in [-0.3, -0.25) is 14.4 Å². The van der Waals surface area contributed by atoms with Crippen LogP contribution in [0.15, 0.2) is 29.1 Å². The third kappa shape index (κ3) is 4.36. The molecular formula is C24H32N4O4. The Labute approximate surface area is 188 Å². The maximum Gasteiger partial charge on any atom is 0.309 e. The van der Waals surface area contributed by atoms with Gasteiger partial charge in [-0.2, -0.15) is 0 Å². The maximum absolute atomic E-state index is 13.2. The van der Waals surface area contributed by atoms with Crippen molar-refractivity contribution in [2.24, 2.45) is 11.8 Å². The Bertz CT molecular complexity index is 1040. The highest BCUT2D eigenvalue weighted by Crippen LogP contribution is 2.26. The first-order valence-corrected chi connectivity index (χ1v) is 11.7. The first-order valence-electron chi connectivity index (χ1n) is 11.7. The molecule has 0 N–H and O–H groups in total. The number of hydrogen-bond donors (Lipinski definition) is 0. The van der Waals surface area contributed by atoms with Crippen LogP contribution in [-0.2, 0) is 20.9 Å². The molecule has 0 radical (unpaired) electrons. The summed E-state index contributed by atoms with van der Waals surface area (Å²) >= 11 is 0. The molecule has 1 amide bonds. The summed E-state index contributed by atoms with van der Waals surface area (Å²) < 4.78 is 6.88. The second kappa shape index (κ2) is 9.71. The van der Waals surface area contributed by atoms with Gasteiger partial charge in [0.05, 0.1) is 29.5 Å². The van der Waals surface area contributed by atoms with E-state index < -0.39 is 0 Å². The lowest BCUT2D eigenvalue weighted by Crippen LogP contribution is -2.49. The quantitative estimate of drug-likeness (QED) is 0.664. The summed E-state index contributed by atoms with van der Waals surface area (Å²) in [5, 5.41) is 0. The van der Waals surface area contributed by atoms with Crippen LogP contribution in [0.3, 0.4) is 0 Å². The van der Waals surface area contributed by atoms with Crippen LogP contribution < -0.4 is 10.5 Å². The van der Waals surface area contributed by atoms with Crippen LogP contribution in [0.25, 0.3) is 11.0 Å². The smallest absolute Gasteiger partial charge is 0.309 e. The number of hydrogen-bond acceptors (Lipinski definition) is 6. The van der Waals surface area contributed by atoms with Crippen molar-refractivity contribution >= 4 is 28.7 Å². The maximum atomic E-state index is 13.2. The van der Waals surface area contributed by atoms with Crippen LogP contribution in [0.2, 0.25) is 0 Å². The molecule has 1 aromatic heterocycles. The number of amides is 1. The van der Waals surface area contributed by atoms with Crippen molar-refractivity contribution < 1.29 is 14.3 Å². The zero-order chi connectivity index (χ0) is 22.7. The molecular weight excluding hydrogens is 408 g/mol. The van der Waals surface area contributed by atoms with Gasteiger partial charge in [-0.1, -0.05) is 12.1 Å². The van der Waals surface area contributed by atoms with E-state index in [0.717, 1.165) is 30.4 Å². The molecule has 1 atom stereocenters. The molecule has 1 aromatic carbocycles. The minimum atomic E-state index is -0.161. The Balaban J connectivity index is 1.47. The SMILES string of the molecule is CCOC(=O)C1CCN(C(=O)[C@H]2CCCN(c3nc4ccccc4n(CC)c3=O)C2)CC1. The molecule has 3 heterocycles. The normalized spacial score (nSPS) is 19.9. The van der Waals surface area contributed by atoms with E-state index in [-0.39, 0.29) is 29.3 Å². The van der Waals surface area contributed by atoms with E-state index in [9.17, 15) is 14.4 Å². The third-order valence-electron chi connectivity index (χ3n) is 6.65. The van der Waals surface area contributed by atoms with Crippen LogP contribution in [0.4, 0.5) is 5.82 Å². The topological polar surface area (TPSA) is 84.7 Å². The Morgan fingerprint density at radius 1 is 1.06 bits per heavy atom. The number of ether oxygens (including phenoxy) is 1. The van der Waals surface area contributed by atoms with Gasteiger partial charge in [-0.25, -0.2) is 4.98 Å².